The number of rotatable bonds is 4. The molecule has 0 aliphatic rings. The predicted octanol–water partition coefficient (Wildman–Crippen LogP) is 5.20. The SMILES string of the molecule is CC(=O)N(C)c1ccc(NC(=O)c2ccc(-c3cccc(C(F)(F)F)c3)o2)cc1. The smallest absolute Gasteiger partial charge is 0.416 e. The van der Waals surface area contributed by atoms with Gasteiger partial charge in [0, 0.05) is 30.9 Å². The number of benzene rings is 2. The van der Waals surface area contributed by atoms with Gasteiger partial charge in [0.25, 0.3) is 5.91 Å². The van der Waals surface area contributed by atoms with Crippen LogP contribution < -0.4 is 10.2 Å². The largest absolute Gasteiger partial charge is 0.451 e. The Bertz CT molecular complexity index is 1040. The van der Waals surface area contributed by atoms with Gasteiger partial charge in [0.05, 0.1) is 5.56 Å². The van der Waals surface area contributed by atoms with Crippen LogP contribution in [-0.4, -0.2) is 18.9 Å². The molecule has 0 spiro atoms. The third-order valence-electron chi connectivity index (χ3n) is 4.29. The normalized spacial score (nSPS) is 11.2. The van der Waals surface area contributed by atoms with Crippen LogP contribution in [0.15, 0.2) is 65.1 Å². The molecule has 0 unspecified atom stereocenters. The molecule has 1 N–H and O–H groups in total. The lowest BCUT2D eigenvalue weighted by molar-refractivity contribution is -0.137. The second kappa shape index (κ2) is 7.83. The Labute approximate surface area is 164 Å². The number of hydrogen-bond donors (Lipinski definition) is 1. The number of hydrogen-bond acceptors (Lipinski definition) is 3. The minimum Gasteiger partial charge on any atom is -0.451 e. The van der Waals surface area contributed by atoms with E-state index in [9.17, 15) is 22.8 Å². The summed E-state index contributed by atoms with van der Waals surface area (Å²) in [4.78, 5) is 25.2. The molecule has 0 fully saturated rings. The number of alkyl halides is 3. The van der Waals surface area contributed by atoms with Gasteiger partial charge in [-0.15, -0.1) is 0 Å². The van der Waals surface area contributed by atoms with E-state index in [0.717, 1.165) is 12.1 Å². The maximum Gasteiger partial charge on any atom is 0.416 e. The molecule has 3 aromatic rings. The van der Waals surface area contributed by atoms with E-state index in [-0.39, 0.29) is 23.0 Å². The van der Waals surface area contributed by atoms with Gasteiger partial charge in [0.1, 0.15) is 5.76 Å². The summed E-state index contributed by atoms with van der Waals surface area (Å²) in [7, 11) is 1.63. The van der Waals surface area contributed by atoms with Crippen LogP contribution in [0.4, 0.5) is 24.5 Å². The van der Waals surface area contributed by atoms with Crippen molar-refractivity contribution >= 4 is 23.2 Å². The highest BCUT2D eigenvalue weighted by atomic mass is 19.4. The molecule has 0 aliphatic carbocycles. The van der Waals surface area contributed by atoms with E-state index in [1.165, 1.54) is 36.1 Å². The van der Waals surface area contributed by atoms with Crippen molar-refractivity contribution in [2.24, 2.45) is 0 Å². The highest BCUT2D eigenvalue weighted by molar-refractivity contribution is 6.02. The first kappa shape index (κ1) is 20.2. The number of carbonyl (C=O) groups is 2. The second-order valence-electron chi connectivity index (χ2n) is 6.32. The Kier molecular flexibility index (Phi) is 5.45. The zero-order valence-corrected chi connectivity index (χ0v) is 15.6. The first-order valence-electron chi connectivity index (χ1n) is 8.58. The third kappa shape index (κ3) is 4.66. The average Bonchev–Trinajstić information content (AvgIpc) is 3.18. The lowest BCUT2D eigenvalue weighted by Crippen LogP contribution is -2.22. The van der Waals surface area contributed by atoms with Crippen molar-refractivity contribution in [1.82, 2.24) is 0 Å². The van der Waals surface area contributed by atoms with Crippen molar-refractivity contribution in [3.05, 3.63) is 72.0 Å². The lowest BCUT2D eigenvalue weighted by Gasteiger charge is -2.15. The van der Waals surface area contributed by atoms with E-state index < -0.39 is 17.6 Å². The minimum absolute atomic E-state index is 0.0395. The van der Waals surface area contributed by atoms with Crippen molar-refractivity contribution in [3.63, 3.8) is 0 Å². The van der Waals surface area contributed by atoms with Crippen LogP contribution in [0, 0.1) is 0 Å². The molecule has 3 rings (SSSR count). The summed E-state index contributed by atoms with van der Waals surface area (Å²) < 4.78 is 44.0. The highest BCUT2D eigenvalue weighted by Gasteiger charge is 2.30. The van der Waals surface area contributed by atoms with Gasteiger partial charge in [-0.1, -0.05) is 12.1 Å². The van der Waals surface area contributed by atoms with Gasteiger partial charge in [0.15, 0.2) is 5.76 Å². The van der Waals surface area contributed by atoms with Gasteiger partial charge >= 0.3 is 6.18 Å². The summed E-state index contributed by atoms with van der Waals surface area (Å²) in [6.07, 6.45) is -4.47. The summed E-state index contributed by atoms with van der Waals surface area (Å²) in [6.45, 7) is 1.44. The van der Waals surface area contributed by atoms with Gasteiger partial charge in [-0.2, -0.15) is 13.2 Å². The summed E-state index contributed by atoms with van der Waals surface area (Å²) in [6, 6.07) is 14.1. The molecule has 5 nitrogen and oxygen atoms in total. The fraction of sp³-hybridized carbons (Fsp3) is 0.143. The molecule has 0 radical (unpaired) electrons. The van der Waals surface area contributed by atoms with Gasteiger partial charge in [0.2, 0.25) is 5.91 Å². The molecule has 0 aliphatic heterocycles. The Balaban J connectivity index is 1.74. The van der Waals surface area contributed by atoms with Crippen LogP contribution in [0.2, 0.25) is 0 Å². The molecular formula is C21H17F3N2O3. The number of anilines is 2. The maximum atomic E-state index is 12.9. The van der Waals surface area contributed by atoms with Crippen LogP contribution in [0.5, 0.6) is 0 Å². The molecule has 1 aromatic heterocycles. The van der Waals surface area contributed by atoms with E-state index in [2.05, 4.69) is 5.32 Å². The van der Waals surface area contributed by atoms with E-state index >= 15 is 0 Å². The second-order valence-corrected chi connectivity index (χ2v) is 6.32. The molecule has 29 heavy (non-hydrogen) atoms. The van der Waals surface area contributed by atoms with Crippen LogP contribution >= 0.6 is 0 Å². The Morgan fingerprint density at radius 2 is 1.69 bits per heavy atom. The zero-order valence-electron chi connectivity index (χ0n) is 15.6. The van der Waals surface area contributed by atoms with Crippen molar-refractivity contribution in [3.8, 4) is 11.3 Å². The topological polar surface area (TPSA) is 62.6 Å². The number of furan rings is 1. The first-order chi connectivity index (χ1) is 13.6. The highest BCUT2D eigenvalue weighted by Crippen LogP contribution is 2.32. The summed E-state index contributed by atoms with van der Waals surface area (Å²) in [5.74, 6) is -0.558. The lowest BCUT2D eigenvalue weighted by atomic mass is 10.1. The predicted molar refractivity (Wildman–Crippen MR) is 103 cm³/mol. The molecule has 0 bridgehead atoms. The van der Waals surface area contributed by atoms with E-state index in [4.69, 9.17) is 4.42 Å². The first-order valence-corrected chi connectivity index (χ1v) is 8.58. The van der Waals surface area contributed by atoms with Crippen molar-refractivity contribution < 1.29 is 27.2 Å². The number of halogens is 3. The van der Waals surface area contributed by atoms with Gasteiger partial charge in [-0.25, -0.2) is 0 Å². The fourth-order valence-corrected chi connectivity index (χ4v) is 2.61. The van der Waals surface area contributed by atoms with Crippen LogP contribution in [-0.2, 0) is 11.0 Å². The van der Waals surface area contributed by atoms with Crippen molar-refractivity contribution in [1.29, 1.82) is 0 Å². The number of nitrogens with one attached hydrogen (secondary N) is 1. The zero-order chi connectivity index (χ0) is 21.2. The molecule has 2 aromatic carbocycles. The molecule has 150 valence electrons. The van der Waals surface area contributed by atoms with Crippen molar-refractivity contribution in [2.75, 3.05) is 17.3 Å². The standard InChI is InChI=1S/C21H17F3N2O3/c1-13(27)26(2)17-8-6-16(7-9-17)25-20(28)19-11-10-18(29-19)14-4-3-5-15(12-14)21(22,23)24/h3-12H,1-2H3,(H,25,28). The van der Waals surface area contributed by atoms with Crippen molar-refractivity contribution in [2.45, 2.75) is 13.1 Å². The van der Waals surface area contributed by atoms with E-state index in [1.807, 2.05) is 0 Å². The Morgan fingerprint density at radius 1 is 1.00 bits per heavy atom. The minimum atomic E-state index is -4.47. The fourth-order valence-electron chi connectivity index (χ4n) is 2.61. The molecule has 0 saturated heterocycles. The van der Waals surface area contributed by atoms with E-state index in [1.54, 1.807) is 31.3 Å². The number of nitrogens with zero attached hydrogens (tertiary/aromatic N) is 1. The molecule has 2 amide bonds. The van der Waals surface area contributed by atoms with Gasteiger partial charge < -0.3 is 14.6 Å². The summed E-state index contributed by atoms with van der Waals surface area (Å²) in [5, 5.41) is 2.64. The van der Waals surface area contributed by atoms with Gasteiger partial charge in [-0.3, -0.25) is 9.59 Å². The van der Waals surface area contributed by atoms with Gasteiger partial charge in [-0.05, 0) is 48.5 Å². The maximum absolute atomic E-state index is 12.9. The summed E-state index contributed by atoms with van der Waals surface area (Å²) in [5.41, 5.74) is 0.566. The molecule has 1 heterocycles. The molecular weight excluding hydrogens is 385 g/mol. The quantitative estimate of drug-likeness (QED) is 0.652. The van der Waals surface area contributed by atoms with Crippen LogP contribution in [0.1, 0.15) is 23.0 Å². The monoisotopic (exact) mass is 402 g/mol. The summed E-state index contributed by atoms with van der Waals surface area (Å²) >= 11 is 0. The molecule has 0 saturated carbocycles. The third-order valence-corrected chi connectivity index (χ3v) is 4.29. The van der Waals surface area contributed by atoms with Crippen LogP contribution in [0.25, 0.3) is 11.3 Å². The average molecular weight is 402 g/mol. The Morgan fingerprint density at radius 3 is 2.31 bits per heavy atom. The molecule has 0 atom stereocenters. The number of amides is 2. The van der Waals surface area contributed by atoms with E-state index in [0.29, 0.717) is 11.4 Å². The van der Waals surface area contributed by atoms with Crippen LogP contribution in [0.3, 0.4) is 0 Å². The molecule has 8 heteroatoms. The Hall–Kier alpha value is -3.55. The number of carbonyl (C=O) groups excluding carboxylic acids is 2.